The van der Waals surface area contributed by atoms with E-state index in [1.165, 1.54) is 17.9 Å². The topological polar surface area (TPSA) is 66.8 Å². The molecule has 0 bridgehead atoms. The van der Waals surface area contributed by atoms with Gasteiger partial charge in [-0.2, -0.15) is 0 Å². The molecule has 1 amide bonds. The second-order valence-electron chi connectivity index (χ2n) is 7.55. The zero-order chi connectivity index (χ0) is 19.2. The Hall–Kier alpha value is -2.27. The molecule has 1 atom stereocenters. The second-order valence-corrected chi connectivity index (χ2v) is 7.86. The Balaban J connectivity index is 2.22. The van der Waals surface area contributed by atoms with Crippen LogP contribution in [-0.4, -0.2) is 35.0 Å². The van der Waals surface area contributed by atoms with Crippen LogP contribution in [0.5, 0.6) is 5.75 Å². The van der Waals surface area contributed by atoms with Gasteiger partial charge in [0, 0.05) is 35.4 Å². The van der Waals surface area contributed by atoms with Gasteiger partial charge < -0.3 is 9.84 Å². The first-order chi connectivity index (χ1) is 12.1. The normalized spacial score (nSPS) is 16.7. The molecule has 1 unspecified atom stereocenters. The maximum absolute atomic E-state index is 12.6. The summed E-state index contributed by atoms with van der Waals surface area (Å²) in [5.41, 5.74) is 1.26. The van der Waals surface area contributed by atoms with E-state index in [4.69, 9.17) is 16.3 Å². The van der Waals surface area contributed by atoms with Crippen LogP contribution in [-0.2, 0) is 4.74 Å². The molecule has 138 valence electrons. The van der Waals surface area contributed by atoms with E-state index in [9.17, 15) is 14.7 Å². The van der Waals surface area contributed by atoms with Gasteiger partial charge in [-0.25, -0.2) is 4.79 Å². The Bertz CT molecular complexity index is 901. The van der Waals surface area contributed by atoms with Crippen molar-refractivity contribution in [1.29, 1.82) is 0 Å². The van der Waals surface area contributed by atoms with Gasteiger partial charge >= 0.3 is 6.09 Å². The highest BCUT2D eigenvalue weighted by molar-refractivity contribution is 6.19. The summed E-state index contributed by atoms with van der Waals surface area (Å²) in [6.07, 6.45) is -0.479. The van der Waals surface area contributed by atoms with Crippen molar-refractivity contribution in [1.82, 2.24) is 0 Å². The van der Waals surface area contributed by atoms with Crippen molar-refractivity contribution in [2.75, 3.05) is 17.3 Å². The lowest BCUT2D eigenvalue weighted by Gasteiger charge is -2.25. The van der Waals surface area contributed by atoms with Crippen LogP contribution in [0.2, 0.25) is 0 Å². The molecule has 0 aliphatic carbocycles. The van der Waals surface area contributed by atoms with E-state index in [-0.39, 0.29) is 17.5 Å². The van der Waals surface area contributed by atoms with Gasteiger partial charge in [0.05, 0.1) is 5.69 Å². The third-order valence-corrected chi connectivity index (χ3v) is 4.81. The van der Waals surface area contributed by atoms with E-state index in [1.54, 1.807) is 32.9 Å². The number of phenols is 1. The fourth-order valence-electron chi connectivity index (χ4n) is 3.44. The first-order valence-corrected chi connectivity index (χ1v) is 9.03. The number of carbonyl (C=O) groups excluding carboxylic acids is 2. The molecule has 0 radical (unpaired) electrons. The lowest BCUT2D eigenvalue weighted by atomic mass is 9.92. The number of anilines is 1. The fourth-order valence-corrected chi connectivity index (χ4v) is 3.69. The number of benzene rings is 2. The predicted octanol–water partition coefficient (Wildman–Crippen LogP) is 4.83. The third-order valence-electron chi connectivity index (χ3n) is 4.44. The molecule has 0 fully saturated rings. The number of hydrogen-bond donors (Lipinski definition) is 1. The summed E-state index contributed by atoms with van der Waals surface area (Å²) in [7, 11) is 0. The van der Waals surface area contributed by atoms with Crippen LogP contribution < -0.4 is 4.90 Å². The van der Waals surface area contributed by atoms with Gasteiger partial charge in [-0.15, -0.1) is 11.6 Å². The number of rotatable bonds is 2. The van der Waals surface area contributed by atoms with Gasteiger partial charge in [-0.05, 0) is 38.6 Å². The molecular weight excluding hydrogens is 354 g/mol. The van der Waals surface area contributed by atoms with Crippen molar-refractivity contribution in [2.45, 2.75) is 39.2 Å². The summed E-state index contributed by atoms with van der Waals surface area (Å²) >= 11 is 6.17. The maximum Gasteiger partial charge on any atom is 0.414 e. The van der Waals surface area contributed by atoms with Crippen molar-refractivity contribution in [3.8, 4) is 5.75 Å². The van der Waals surface area contributed by atoms with E-state index in [1.807, 2.05) is 6.07 Å². The molecule has 2 aromatic carbocycles. The number of aromatic hydroxyl groups is 1. The number of alkyl halides is 1. The van der Waals surface area contributed by atoms with Crippen LogP contribution in [0.4, 0.5) is 10.5 Å². The first kappa shape index (κ1) is 18.5. The molecule has 0 saturated carbocycles. The number of Topliss-reactive ketones (excluding diaryl/α,β-unsaturated/α-hetero) is 1. The third kappa shape index (κ3) is 3.12. The van der Waals surface area contributed by atoms with E-state index in [0.717, 1.165) is 10.9 Å². The van der Waals surface area contributed by atoms with E-state index >= 15 is 0 Å². The van der Waals surface area contributed by atoms with Gasteiger partial charge in [0.2, 0.25) is 0 Å². The van der Waals surface area contributed by atoms with Crippen molar-refractivity contribution < 1.29 is 19.4 Å². The van der Waals surface area contributed by atoms with Gasteiger partial charge in [0.15, 0.2) is 5.78 Å². The molecule has 6 heteroatoms. The average Bonchev–Trinajstić information content (AvgIpc) is 2.91. The number of halogens is 1. The first-order valence-electron chi connectivity index (χ1n) is 8.50. The SMILES string of the molecule is CC(=O)c1cccc2c3c(cc(O)c12)N(C(=O)OC(C)(C)C)CC3CCl. The molecule has 1 aliphatic rings. The van der Waals surface area contributed by atoms with Crippen LogP contribution in [0.15, 0.2) is 24.3 Å². The number of ether oxygens (including phenoxy) is 1. The van der Waals surface area contributed by atoms with Crippen LogP contribution >= 0.6 is 11.6 Å². The molecule has 1 N–H and O–H groups in total. The maximum atomic E-state index is 12.6. The average molecular weight is 376 g/mol. The highest BCUT2D eigenvalue weighted by atomic mass is 35.5. The molecule has 0 saturated heterocycles. The second kappa shape index (κ2) is 6.47. The highest BCUT2D eigenvalue weighted by Crippen LogP contribution is 2.46. The number of fused-ring (bicyclic) bond motifs is 3. The summed E-state index contributed by atoms with van der Waals surface area (Å²) < 4.78 is 5.49. The Labute approximate surface area is 157 Å². The molecule has 26 heavy (non-hydrogen) atoms. The molecule has 0 spiro atoms. The number of hydrogen-bond acceptors (Lipinski definition) is 4. The highest BCUT2D eigenvalue weighted by Gasteiger charge is 2.37. The van der Waals surface area contributed by atoms with Gasteiger partial charge in [-0.3, -0.25) is 9.69 Å². The molecular formula is C20H22ClNO4. The largest absolute Gasteiger partial charge is 0.507 e. The standard InChI is InChI=1S/C20H22ClNO4/c1-11(23)13-6-5-7-14-17-12(9-21)10-22(19(25)26-20(2,3)4)15(17)8-16(24)18(13)14/h5-8,12,24H,9-10H2,1-4H3. The molecule has 5 nitrogen and oxygen atoms in total. The van der Waals surface area contributed by atoms with Gasteiger partial charge in [0.25, 0.3) is 0 Å². The van der Waals surface area contributed by atoms with Crippen molar-refractivity contribution in [3.63, 3.8) is 0 Å². The van der Waals surface area contributed by atoms with Crippen LogP contribution in [0.25, 0.3) is 10.8 Å². The lowest BCUT2D eigenvalue weighted by molar-refractivity contribution is 0.0582. The van der Waals surface area contributed by atoms with Crippen molar-refractivity contribution in [2.24, 2.45) is 0 Å². The summed E-state index contributed by atoms with van der Waals surface area (Å²) in [4.78, 5) is 26.1. The summed E-state index contributed by atoms with van der Waals surface area (Å²) in [5.74, 6) is 0.0457. The molecule has 1 aliphatic heterocycles. The molecule has 3 rings (SSSR count). The van der Waals surface area contributed by atoms with Crippen molar-refractivity contribution in [3.05, 3.63) is 35.4 Å². The van der Waals surface area contributed by atoms with E-state index in [2.05, 4.69) is 0 Å². The van der Waals surface area contributed by atoms with E-state index in [0.29, 0.717) is 29.1 Å². The minimum absolute atomic E-state index is 0.0340. The minimum Gasteiger partial charge on any atom is -0.507 e. The zero-order valence-corrected chi connectivity index (χ0v) is 16.1. The van der Waals surface area contributed by atoms with Gasteiger partial charge in [-0.1, -0.05) is 18.2 Å². The molecule has 0 aromatic heterocycles. The molecule has 2 aromatic rings. The monoisotopic (exact) mass is 375 g/mol. The number of ketones is 1. The Morgan fingerprint density at radius 3 is 2.62 bits per heavy atom. The van der Waals surface area contributed by atoms with Gasteiger partial charge in [0.1, 0.15) is 11.4 Å². The number of carbonyl (C=O) groups is 2. The zero-order valence-electron chi connectivity index (χ0n) is 15.3. The Morgan fingerprint density at radius 2 is 2.04 bits per heavy atom. The fraction of sp³-hybridized carbons (Fsp3) is 0.400. The van der Waals surface area contributed by atoms with Crippen LogP contribution in [0, 0.1) is 0 Å². The number of amides is 1. The van der Waals surface area contributed by atoms with Crippen molar-refractivity contribution >= 4 is 39.9 Å². The lowest BCUT2D eigenvalue weighted by Crippen LogP contribution is -2.36. The summed E-state index contributed by atoms with van der Waals surface area (Å²) in [6, 6.07) is 6.84. The quantitative estimate of drug-likeness (QED) is 0.603. The van der Waals surface area contributed by atoms with E-state index < -0.39 is 11.7 Å². The smallest absolute Gasteiger partial charge is 0.414 e. The predicted molar refractivity (Wildman–Crippen MR) is 103 cm³/mol. The number of nitrogens with zero attached hydrogens (tertiary/aromatic N) is 1. The number of phenolic OH excluding ortho intramolecular Hbond substituents is 1. The van der Waals surface area contributed by atoms with Crippen LogP contribution in [0.3, 0.4) is 0 Å². The Morgan fingerprint density at radius 1 is 1.35 bits per heavy atom. The summed E-state index contributed by atoms with van der Waals surface area (Å²) in [6.45, 7) is 7.25. The Kier molecular flexibility index (Phi) is 4.61. The molecule has 1 heterocycles. The summed E-state index contributed by atoms with van der Waals surface area (Å²) in [5, 5.41) is 11.8. The minimum atomic E-state index is -0.628. The van der Waals surface area contributed by atoms with Crippen LogP contribution in [0.1, 0.15) is 49.5 Å².